The van der Waals surface area contributed by atoms with Crippen LogP contribution in [0.3, 0.4) is 0 Å². The van der Waals surface area contributed by atoms with E-state index in [4.69, 9.17) is 19.9 Å². The van der Waals surface area contributed by atoms with Crippen molar-refractivity contribution in [2.75, 3.05) is 18.9 Å². The first kappa shape index (κ1) is 21.3. The normalized spacial score (nSPS) is 17.9. The fourth-order valence-electron chi connectivity index (χ4n) is 4.39. The monoisotopic (exact) mass is 464 g/mol. The number of rotatable bonds is 5. The first-order chi connectivity index (χ1) is 17.3. The Hall–Kier alpha value is -4.20. The molecule has 1 saturated heterocycles. The van der Waals surface area contributed by atoms with Crippen LogP contribution in [-0.4, -0.2) is 27.7 Å². The lowest BCUT2D eigenvalue weighted by Crippen LogP contribution is -2.29. The van der Waals surface area contributed by atoms with Crippen molar-refractivity contribution < 1.29 is 14.2 Å². The van der Waals surface area contributed by atoms with E-state index in [0.29, 0.717) is 19.0 Å². The standard InChI is InChI=1S/C28H24N4O3/c29-26-25-24(19-11-13-23(14-12-19)35-22-9-5-2-6-10-22)15-32(27(25)31-18-30-26)21-16-33-28(34-17-21)20-7-3-1-4-8-20/h1-15,18,21,28H,16-17H2,(H2,29,30,31). The summed E-state index contributed by atoms with van der Waals surface area (Å²) >= 11 is 0. The van der Waals surface area contributed by atoms with Crippen LogP contribution >= 0.6 is 0 Å². The second kappa shape index (κ2) is 9.21. The zero-order chi connectivity index (χ0) is 23.6. The number of hydrogen-bond acceptors (Lipinski definition) is 6. The van der Waals surface area contributed by atoms with Gasteiger partial charge in [-0.2, -0.15) is 0 Å². The molecule has 3 aromatic carbocycles. The van der Waals surface area contributed by atoms with Crippen molar-refractivity contribution >= 4 is 16.9 Å². The maximum atomic E-state index is 6.32. The van der Waals surface area contributed by atoms with Crippen LogP contribution in [0.1, 0.15) is 17.9 Å². The third kappa shape index (κ3) is 4.23. The highest BCUT2D eigenvalue weighted by Gasteiger charge is 2.27. The second-order valence-corrected chi connectivity index (χ2v) is 8.41. The van der Waals surface area contributed by atoms with Crippen molar-refractivity contribution in [3.8, 4) is 22.6 Å². The van der Waals surface area contributed by atoms with E-state index in [1.807, 2.05) is 84.9 Å². The van der Waals surface area contributed by atoms with Crippen LogP contribution in [0.25, 0.3) is 22.2 Å². The maximum absolute atomic E-state index is 6.32. The quantitative estimate of drug-likeness (QED) is 0.356. The fraction of sp³-hybridized carbons (Fsp3) is 0.143. The molecule has 1 aliphatic heterocycles. The van der Waals surface area contributed by atoms with Crippen LogP contribution in [0.5, 0.6) is 11.5 Å². The van der Waals surface area contributed by atoms with Crippen molar-refractivity contribution in [3.63, 3.8) is 0 Å². The summed E-state index contributed by atoms with van der Waals surface area (Å²) in [5.74, 6) is 1.99. The molecule has 2 N–H and O–H groups in total. The molecule has 35 heavy (non-hydrogen) atoms. The minimum absolute atomic E-state index is 0.0406. The summed E-state index contributed by atoms with van der Waals surface area (Å²) < 4.78 is 20.1. The first-order valence-electron chi connectivity index (χ1n) is 11.5. The summed E-state index contributed by atoms with van der Waals surface area (Å²) in [6, 6.07) is 27.6. The Morgan fingerprint density at radius 3 is 2.17 bits per heavy atom. The van der Waals surface area contributed by atoms with E-state index in [9.17, 15) is 0 Å². The van der Waals surface area contributed by atoms with E-state index in [2.05, 4.69) is 20.7 Å². The van der Waals surface area contributed by atoms with Crippen LogP contribution in [-0.2, 0) is 9.47 Å². The van der Waals surface area contributed by atoms with Gasteiger partial charge < -0.3 is 24.5 Å². The van der Waals surface area contributed by atoms with Gasteiger partial charge in [0, 0.05) is 17.3 Å². The fourth-order valence-corrected chi connectivity index (χ4v) is 4.39. The molecular formula is C28H24N4O3. The van der Waals surface area contributed by atoms with Gasteiger partial charge in [-0.15, -0.1) is 0 Å². The minimum Gasteiger partial charge on any atom is -0.457 e. The zero-order valence-corrected chi connectivity index (χ0v) is 19.0. The van der Waals surface area contributed by atoms with Gasteiger partial charge in [-0.25, -0.2) is 9.97 Å². The second-order valence-electron chi connectivity index (χ2n) is 8.41. The molecule has 0 atom stereocenters. The average Bonchev–Trinajstić information content (AvgIpc) is 3.31. The summed E-state index contributed by atoms with van der Waals surface area (Å²) in [5, 5.41) is 0.814. The number of nitrogens with two attached hydrogens (primary N) is 1. The van der Waals surface area contributed by atoms with Crippen LogP contribution in [0.15, 0.2) is 97.5 Å². The number of aromatic nitrogens is 3. The largest absolute Gasteiger partial charge is 0.457 e. The number of fused-ring (bicyclic) bond motifs is 1. The topological polar surface area (TPSA) is 84.4 Å². The predicted molar refractivity (Wildman–Crippen MR) is 134 cm³/mol. The van der Waals surface area contributed by atoms with Crippen LogP contribution in [0.4, 0.5) is 5.82 Å². The van der Waals surface area contributed by atoms with Crippen LogP contribution < -0.4 is 10.5 Å². The highest BCUT2D eigenvalue weighted by Crippen LogP contribution is 2.37. The summed E-state index contributed by atoms with van der Waals surface area (Å²) in [6.07, 6.45) is 3.18. The Morgan fingerprint density at radius 1 is 0.800 bits per heavy atom. The summed E-state index contributed by atoms with van der Waals surface area (Å²) in [4.78, 5) is 8.79. The first-order valence-corrected chi connectivity index (χ1v) is 11.5. The van der Waals surface area contributed by atoms with Crippen LogP contribution in [0.2, 0.25) is 0 Å². The number of ether oxygens (including phenoxy) is 3. The molecule has 7 heteroatoms. The summed E-state index contributed by atoms with van der Waals surface area (Å²) in [6.45, 7) is 0.993. The number of para-hydroxylation sites is 1. The van der Waals surface area contributed by atoms with Crippen molar-refractivity contribution in [1.29, 1.82) is 0 Å². The number of benzene rings is 3. The lowest BCUT2D eigenvalue weighted by molar-refractivity contribution is -0.200. The molecule has 6 rings (SSSR count). The predicted octanol–water partition coefficient (Wildman–Crippen LogP) is 5.76. The third-order valence-electron chi connectivity index (χ3n) is 6.13. The summed E-state index contributed by atoms with van der Waals surface area (Å²) in [5.41, 5.74) is 10.0. The van der Waals surface area contributed by atoms with E-state index < -0.39 is 0 Å². The molecule has 5 aromatic rings. The molecule has 0 aliphatic carbocycles. The molecule has 2 aromatic heterocycles. The molecule has 0 amide bonds. The number of nitrogen functional groups attached to an aromatic ring is 1. The van der Waals surface area contributed by atoms with Gasteiger partial charge in [0.25, 0.3) is 0 Å². The molecule has 0 radical (unpaired) electrons. The van der Waals surface area contributed by atoms with Gasteiger partial charge in [-0.05, 0) is 29.8 Å². The Labute approximate surface area is 202 Å². The van der Waals surface area contributed by atoms with E-state index in [0.717, 1.165) is 39.2 Å². The Bertz CT molecular complexity index is 1430. The Balaban J connectivity index is 1.29. The molecule has 7 nitrogen and oxygen atoms in total. The summed E-state index contributed by atoms with van der Waals surface area (Å²) in [7, 11) is 0. The van der Waals surface area contributed by atoms with Gasteiger partial charge in [0.1, 0.15) is 29.3 Å². The van der Waals surface area contributed by atoms with E-state index in [1.165, 1.54) is 6.33 Å². The van der Waals surface area contributed by atoms with Gasteiger partial charge in [-0.3, -0.25) is 0 Å². The lowest BCUT2D eigenvalue weighted by Gasteiger charge is -2.30. The van der Waals surface area contributed by atoms with Gasteiger partial charge in [-0.1, -0.05) is 60.7 Å². The third-order valence-corrected chi connectivity index (χ3v) is 6.13. The molecular weight excluding hydrogens is 440 g/mol. The van der Waals surface area contributed by atoms with Crippen molar-refractivity contribution in [1.82, 2.24) is 14.5 Å². The SMILES string of the molecule is Nc1ncnc2c1c(-c1ccc(Oc3ccccc3)cc1)cn2C1COC(c2ccccc2)OC1. The van der Waals surface area contributed by atoms with Crippen molar-refractivity contribution in [2.45, 2.75) is 12.3 Å². The van der Waals surface area contributed by atoms with E-state index in [1.54, 1.807) is 0 Å². The van der Waals surface area contributed by atoms with E-state index >= 15 is 0 Å². The Kier molecular flexibility index (Phi) is 5.62. The molecule has 0 bridgehead atoms. The van der Waals surface area contributed by atoms with Gasteiger partial charge in [0.15, 0.2) is 6.29 Å². The van der Waals surface area contributed by atoms with Gasteiger partial charge in [0.2, 0.25) is 0 Å². The van der Waals surface area contributed by atoms with Crippen molar-refractivity contribution in [2.24, 2.45) is 0 Å². The Morgan fingerprint density at radius 2 is 1.46 bits per heavy atom. The highest BCUT2D eigenvalue weighted by molar-refractivity contribution is 6.00. The molecule has 174 valence electrons. The molecule has 1 fully saturated rings. The number of nitrogens with zero attached hydrogens (tertiary/aromatic N) is 3. The molecule has 3 heterocycles. The van der Waals surface area contributed by atoms with Crippen LogP contribution in [0, 0.1) is 0 Å². The number of hydrogen-bond donors (Lipinski definition) is 1. The minimum atomic E-state index is -0.370. The van der Waals surface area contributed by atoms with Crippen molar-refractivity contribution in [3.05, 3.63) is 103 Å². The highest BCUT2D eigenvalue weighted by atomic mass is 16.7. The van der Waals surface area contributed by atoms with Gasteiger partial charge in [0.05, 0.1) is 24.6 Å². The number of anilines is 1. The van der Waals surface area contributed by atoms with Gasteiger partial charge >= 0.3 is 0 Å². The zero-order valence-electron chi connectivity index (χ0n) is 19.0. The smallest absolute Gasteiger partial charge is 0.184 e. The molecule has 0 saturated carbocycles. The average molecular weight is 465 g/mol. The maximum Gasteiger partial charge on any atom is 0.184 e. The van der Waals surface area contributed by atoms with E-state index in [-0.39, 0.29) is 12.3 Å². The molecule has 1 aliphatic rings. The molecule has 0 unspecified atom stereocenters. The lowest BCUT2D eigenvalue weighted by atomic mass is 10.1. The molecule has 0 spiro atoms.